The Morgan fingerprint density at radius 1 is 0.956 bits per heavy atom. The minimum Gasteiger partial charge on any atom is -0.486 e. The minimum atomic E-state index is -0.812. The SMILES string of the molecule is CC(=N)N1CCC(Oc2cc3c(cc2OC2CCN(CC(=O)O)CC2)nc(C)n3Cc2ccc(C(=N)N)c3ccccc23)CC1. The predicted molar refractivity (Wildman–Crippen MR) is 175 cm³/mol. The largest absolute Gasteiger partial charge is 0.486 e. The topological polar surface area (TPSA) is 154 Å². The van der Waals surface area contributed by atoms with Crippen molar-refractivity contribution in [2.45, 2.75) is 58.3 Å². The summed E-state index contributed by atoms with van der Waals surface area (Å²) in [7, 11) is 0. The molecule has 0 atom stereocenters. The molecule has 5 N–H and O–H groups in total. The molecule has 2 aliphatic rings. The Morgan fingerprint density at radius 3 is 2.20 bits per heavy atom. The molecule has 0 amide bonds. The number of hydrogen-bond acceptors (Lipinski definition) is 7. The fraction of sp³-hybridized carbons (Fsp3) is 0.412. The van der Waals surface area contributed by atoms with Crippen LogP contribution in [-0.2, 0) is 11.3 Å². The van der Waals surface area contributed by atoms with Crippen LogP contribution >= 0.6 is 0 Å². The Balaban J connectivity index is 1.32. The van der Waals surface area contributed by atoms with Crippen molar-refractivity contribution in [2.24, 2.45) is 5.73 Å². The second kappa shape index (κ2) is 12.8. The Hall–Kier alpha value is -4.64. The molecular formula is C34H41N7O4. The molecule has 11 nitrogen and oxygen atoms in total. The molecule has 45 heavy (non-hydrogen) atoms. The summed E-state index contributed by atoms with van der Waals surface area (Å²) >= 11 is 0. The number of aromatic nitrogens is 2. The van der Waals surface area contributed by atoms with Gasteiger partial charge in [0, 0.05) is 63.3 Å². The van der Waals surface area contributed by atoms with Crippen molar-refractivity contribution in [2.75, 3.05) is 32.7 Å². The maximum atomic E-state index is 11.2. The zero-order valence-corrected chi connectivity index (χ0v) is 25.9. The third-order valence-electron chi connectivity index (χ3n) is 9.03. The molecule has 0 spiro atoms. The van der Waals surface area contributed by atoms with Gasteiger partial charge >= 0.3 is 5.97 Å². The quantitative estimate of drug-likeness (QED) is 0.158. The van der Waals surface area contributed by atoms with Crippen LogP contribution in [0.2, 0.25) is 0 Å². The van der Waals surface area contributed by atoms with Crippen molar-refractivity contribution >= 4 is 39.4 Å². The van der Waals surface area contributed by atoms with E-state index in [0.29, 0.717) is 37.0 Å². The number of hydrogen-bond donors (Lipinski definition) is 4. The van der Waals surface area contributed by atoms with Crippen LogP contribution in [-0.4, -0.2) is 87.0 Å². The minimum absolute atomic E-state index is 0.00153. The molecule has 1 aromatic heterocycles. The van der Waals surface area contributed by atoms with Gasteiger partial charge in [-0.05, 0) is 43.0 Å². The molecule has 3 aromatic carbocycles. The fourth-order valence-corrected chi connectivity index (χ4v) is 6.59. The average molecular weight is 612 g/mol. The van der Waals surface area contributed by atoms with Crippen LogP contribution in [0.3, 0.4) is 0 Å². The predicted octanol–water partition coefficient (Wildman–Crippen LogP) is 4.60. The Morgan fingerprint density at radius 2 is 1.58 bits per heavy atom. The molecule has 6 rings (SSSR count). The van der Waals surface area contributed by atoms with Crippen molar-refractivity contribution < 1.29 is 19.4 Å². The number of carbonyl (C=O) groups is 1. The van der Waals surface area contributed by atoms with E-state index in [1.165, 1.54) is 0 Å². The van der Waals surface area contributed by atoms with Gasteiger partial charge in [0.25, 0.3) is 0 Å². The van der Waals surface area contributed by atoms with Crippen molar-refractivity contribution in [3.63, 3.8) is 0 Å². The third-order valence-corrected chi connectivity index (χ3v) is 9.03. The Labute approximate surface area is 262 Å². The number of carboxylic acids is 1. The lowest BCUT2D eigenvalue weighted by atomic mass is 9.99. The molecular weight excluding hydrogens is 570 g/mol. The lowest BCUT2D eigenvalue weighted by Gasteiger charge is -2.34. The molecule has 236 valence electrons. The smallest absolute Gasteiger partial charge is 0.317 e. The van der Waals surface area contributed by atoms with E-state index in [1.807, 2.05) is 61.2 Å². The number of nitrogen functional groups attached to an aromatic ring is 1. The summed E-state index contributed by atoms with van der Waals surface area (Å²) in [5, 5.41) is 27.2. The molecule has 3 heterocycles. The van der Waals surface area contributed by atoms with Crippen LogP contribution < -0.4 is 15.2 Å². The molecule has 11 heteroatoms. The van der Waals surface area contributed by atoms with E-state index in [2.05, 4.69) is 15.5 Å². The van der Waals surface area contributed by atoms with E-state index in [9.17, 15) is 9.90 Å². The van der Waals surface area contributed by atoms with E-state index >= 15 is 0 Å². The number of benzene rings is 3. The van der Waals surface area contributed by atoms with Crippen molar-refractivity contribution in [3.05, 3.63) is 65.5 Å². The second-order valence-electron chi connectivity index (χ2n) is 12.1. The first-order valence-corrected chi connectivity index (χ1v) is 15.6. The molecule has 2 fully saturated rings. The van der Waals surface area contributed by atoms with E-state index < -0.39 is 5.97 Å². The summed E-state index contributed by atoms with van der Waals surface area (Å²) in [4.78, 5) is 20.1. The van der Waals surface area contributed by atoms with Crippen LogP contribution in [0.15, 0.2) is 48.5 Å². The van der Waals surface area contributed by atoms with Crippen LogP contribution in [0, 0.1) is 17.7 Å². The zero-order chi connectivity index (χ0) is 31.7. The highest BCUT2D eigenvalue weighted by Crippen LogP contribution is 2.37. The first-order valence-electron chi connectivity index (χ1n) is 15.6. The van der Waals surface area contributed by atoms with E-state index in [4.69, 9.17) is 31.0 Å². The standard InChI is InChI=1S/C34H41N7O4/c1-21(35)40-15-11-25(12-16-40)45-32-18-30-29(17-31(32)44-24-9-13-39(14-10-24)20-33(42)43)38-22(2)41(30)19-23-7-8-28(34(36)37)27-6-4-3-5-26(23)27/h3-8,17-18,24-25,35H,9-16,19-20H2,1-2H3,(H3,36,37)(H,42,43). The maximum absolute atomic E-state index is 11.2. The summed E-state index contributed by atoms with van der Waals surface area (Å²) in [6.07, 6.45) is 3.05. The number of fused-ring (bicyclic) bond motifs is 2. The summed E-state index contributed by atoms with van der Waals surface area (Å²) in [5.41, 5.74) is 9.47. The number of carboxylic acid groups (broad SMARTS) is 1. The first-order chi connectivity index (χ1) is 21.7. The molecule has 0 aliphatic carbocycles. The third kappa shape index (κ3) is 6.58. The Bertz CT molecular complexity index is 1750. The number of nitrogens with one attached hydrogen (secondary N) is 2. The fourth-order valence-electron chi connectivity index (χ4n) is 6.59. The molecule has 0 radical (unpaired) electrons. The van der Waals surface area contributed by atoms with Gasteiger partial charge in [-0.25, -0.2) is 4.98 Å². The van der Waals surface area contributed by atoms with Crippen LogP contribution in [0.4, 0.5) is 0 Å². The average Bonchev–Trinajstić information content (AvgIpc) is 3.31. The van der Waals surface area contributed by atoms with Crippen LogP contribution in [0.5, 0.6) is 11.5 Å². The molecule has 2 saturated heterocycles. The lowest BCUT2D eigenvalue weighted by molar-refractivity contribution is -0.138. The van der Waals surface area contributed by atoms with E-state index in [1.54, 1.807) is 0 Å². The normalized spacial score (nSPS) is 16.7. The van der Waals surface area contributed by atoms with Gasteiger partial charge < -0.3 is 29.8 Å². The van der Waals surface area contributed by atoms with Crippen molar-refractivity contribution in [3.8, 4) is 11.5 Å². The van der Waals surface area contributed by atoms with E-state index in [0.717, 1.165) is 77.5 Å². The molecule has 0 saturated carbocycles. The number of nitrogens with zero attached hydrogens (tertiary/aromatic N) is 4. The van der Waals surface area contributed by atoms with Gasteiger partial charge in [-0.3, -0.25) is 20.5 Å². The number of nitrogens with two attached hydrogens (primary N) is 1. The second-order valence-corrected chi connectivity index (χ2v) is 12.1. The van der Waals surface area contributed by atoms with Crippen molar-refractivity contribution in [1.82, 2.24) is 19.4 Å². The maximum Gasteiger partial charge on any atom is 0.317 e. The summed E-state index contributed by atoms with van der Waals surface area (Å²) in [6.45, 7) is 7.34. The molecule has 2 aliphatic heterocycles. The van der Waals surface area contributed by atoms with Crippen molar-refractivity contribution in [1.29, 1.82) is 10.8 Å². The zero-order valence-electron chi connectivity index (χ0n) is 25.9. The lowest BCUT2D eigenvalue weighted by Crippen LogP contribution is -2.41. The summed E-state index contributed by atoms with van der Waals surface area (Å²) in [6, 6.07) is 16.0. The molecule has 0 unspecified atom stereocenters. The van der Waals surface area contributed by atoms with Gasteiger partial charge in [0.2, 0.25) is 0 Å². The first kappa shape index (κ1) is 30.4. The number of ether oxygens (including phenoxy) is 2. The highest BCUT2D eigenvalue weighted by molar-refractivity contribution is 6.08. The van der Waals surface area contributed by atoms with Gasteiger partial charge in [-0.2, -0.15) is 0 Å². The summed E-state index contributed by atoms with van der Waals surface area (Å²) in [5.74, 6) is 2.02. The number of amidine groups is 2. The van der Waals surface area contributed by atoms with Crippen LogP contribution in [0.1, 0.15) is 49.6 Å². The Kier molecular flexibility index (Phi) is 8.62. The highest BCUT2D eigenvalue weighted by atomic mass is 16.5. The van der Waals surface area contributed by atoms with Crippen LogP contribution in [0.25, 0.3) is 21.8 Å². The highest BCUT2D eigenvalue weighted by Gasteiger charge is 2.27. The summed E-state index contributed by atoms with van der Waals surface area (Å²) < 4.78 is 15.4. The molecule has 0 bridgehead atoms. The van der Waals surface area contributed by atoms with Gasteiger partial charge in [-0.15, -0.1) is 0 Å². The molecule has 4 aromatic rings. The monoisotopic (exact) mass is 611 g/mol. The number of piperidine rings is 2. The van der Waals surface area contributed by atoms with Gasteiger partial charge in [0.1, 0.15) is 23.9 Å². The van der Waals surface area contributed by atoms with Gasteiger partial charge in [-0.1, -0.05) is 36.4 Å². The number of aliphatic carboxylic acids is 1. The van der Waals surface area contributed by atoms with E-state index in [-0.39, 0.29) is 24.6 Å². The number of likely N-dealkylation sites (tertiary alicyclic amines) is 2. The van der Waals surface area contributed by atoms with Gasteiger partial charge in [0.05, 0.1) is 23.4 Å². The van der Waals surface area contributed by atoms with Gasteiger partial charge in [0.15, 0.2) is 11.5 Å². The number of aryl methyl sites for hydroxylation is 1. The number of rotatable bonds is 9. The number of imidazole rings is 1.